The number of rotatable bonds is 4. The van der Waals surface area contributed by atoms with Crippen LogP contribution in [-0.4, -0.2) is 53.3 Å². The Balaban J connectivity index is 2.10. The van der Waals surface area contributed by atoms with E-state index in [0.717, 1.165) is 0 Å². The van der Waals surface area contributed by atoms with Crippen LogP contribution in [0.3, 0.4) is 0 Å². The van der Waals surface area contributed by atoms with Crippen LogP contribution in [0.5, 0.6) is 0 Å². The highest BCUT2D eigenvalue weighted by Gasteiger charge is 2.22. The van der Waals surface area contributed by atoms with Gasteiger partial charge in [-0.15, -0.1) is 10.2 Å². The van der Waals surface area contributed by atoms with Crippen LogP contribution in [0.4, 0.5) is 0 Å². The van der Waals surface area contributed by atoms with Crippen LogP contribution in [0.15, 0.2) is 0 Å². The molecule has 18 heavy (non-hydrogen) atoms. The van der Waals surface area contributed by atoms with Gasteiger partial charge in [0, 0.05) is 0 Å². The maximum atomic E-state index is 11.7. The molecule has 7 nitrogen and oxygen atoms in total. The molecule has 0 radical (unpaired) electrons. The van der Waals surface area contributed by atoms with E-state index in [1.54, 1.807) is 18.4 Å². The topological polar surface area (TPSA) is 75.5 Å². The molecule has 0 N–H and O–H groups in total. The van der Waals surface area contributed by atoms with Gasteiger partial charge in [0.15, 0.2) is 0 Å². The Morgan fingerprint density at radius 3 is 3.00 bits per heavy atom. The van der Waals surface area contributed by atoms with Crippen molar-refractivity contribution >= 4 is 5.97 Å². The maximum absolute atomic E-state index is 11.7. The minimum Gasteiger partial charge on any atom is -0.460 e. The van der Waals surface area contributed by atoms with E-state index in [-0.39, 0.29) is 11.9 Å². The van der Waals surface area contributed by atoms with Gasteiger partial charge in [0.25, 0.3) is 0 Å². The number of aryl methyl sites for hydroxylation is 1. The minimum atomic E-state index is -0.463. The van der Waals surface area contributed by atoms with Gasteiger partial charge in [0.2, 0.25) is 5.82 Å². The normalized spacial score (nSPS) is 19.8. The molecule has 100 valence electrons. The fraction of sp³-hybridized carbons (Fsp3) is 0.727. The van der Waals surface area contributed by atoms with Crippen LogP contribution in [0.2, 0.25) is 0 Å². The van der Waals surface area contributed by atoms with E-state index in [9.17, 15) is 4.79 Å². The van der Waals surface area contributed by atoms with E-state index in [0.29, 0.717) is 38.8 Å². The lowest BCUT2D eigenvalue weighted by molar-refractivity contribution is -0.0939. The molecule has 0 aromatic carbocycles. The molecule has 0 saturated carbocycles. The Labute approximate surface area is 105 Å². The summed E-state index contributed by atoms with van der Waals surface area (Å²) >= 11 is 0. The Morgan fingerprint density at radius 2 is 2.33 bits per heavy atom. The van der Waals surface area contributed by atoms with Gasteiger partial charge in [-0.05, 0) is 13.8 Å². The molecule has 1 aliphatic rings. The fourth-order valence-corrected chi connectivity index (χ4v) is 1.79. The van der Waals surface area contributed by atoms with Crippen molar-refractivity contribution in [3.8, 4) is 0 Å². The molecule has 2 heterocycles. The van der Waals surface area contributed by atoms with Crippen molar-refractivity contribution in [1.82, 2.24) is 14.8 Å². The van der Waals surface area contributed by atoms with Gasteiger partial charge in [0.1, 0.15) is 5.82 Å². The number of carbonyl (C=O) groups excluding carboxylic acids is 1. The summed E-state index contributed by atoms with van der Waals surface area (Å²) in [7, 11) is 0. The second-order valence-corrected chi connectivity index (χ2v) is 3.97. The van der Waals surface area contributed by atoms with Gasteiger partial charge >= 0.3 is 5.97 Å². The van der Waals surface area contributed by atoms with E-state index in [1.165, 1.54) is 0 Å². The van der Waals surface area contributed by atoms with Crippen molar-refractivity contribution in [2.24, 2.45) is 0 Å². The maximum Gasteiger partial charge on any atom is 0.376 e. The number of ether oxygens (including phenoxy) is 3. The molecular weight excluding hydrogens is 238 g/mol. The quantitative estimate of drug-likeness (QED) is 0.714. The first kappa shape index (κ1) is 13.0. The number of nitrogens with zero attached hydrogens (tertiary/aromatic N) is 3. The molecule has 1 unspecified atom stereocenters. The highest BCUT2D eigenvalue weighted by Crippen LogP contribution is 2.09. The van der Waals surface area contributed by atoms with E-state index in [4.69, 9.17) is 14.2 Å². The smallest absolute Gasteiger partial charge is 0.376 e. The molecule has 2 rings (SSSR count). The first-order valence-corrected chi connectivity index (χ1v) is 5.98. The Morgan fingerprint density at radius 1 is 1.50 bits per heavy atom. The average molecular weight is 255 g/mol. The first-order valence-electron chi connectivity index (χ1n) is 5.98. The van der Waals surface area contributed by atoms with Crippen LogP contribution >= 0.6 is 0 Å². The van der Waals surface area contributed by atoms with Crippen molar-refractivity contribution in [3.63, 3.8) is 0 Å². The number of hydrogen-bond acceptors (Lipinski definition) is 6. The third-order valence-electron chi connectivity index (χ3n) is 2.66. The largest absolute Gasteiger partial charge is 0.460 e. The molecule has 1 atom stereocenters. The number of carbonyl (C=O) groups is 1. The average Bonchev–Trinajstić information content (AvgIpc) is 2.73. The van der Waals surface area contributed by atoms with E-state index in [2.05, 4.69) is 10.2 Å². The predicted molar refractivity (Wildman–Crippen MR) is 61.3 cm³/mol. The lowest BCUT2D eigenvalue weighted by atomic mass is 10.3. The third kappa shape index (κ3) is 2.85. The van der Waals surface area contributed by atoms with Gasteiger partial charge in [-0.3, -0.25) is 0 Å². The van der Waals surface area contributed by atoms with Gasteiger partial charge in [0.05, 0.1) is 39.1 Å². The minimum absolute atomic E-state index is 0.0818. The number of esters is 1. The Kier molecular flexibility index (Phi) is 4.27. The molecule has 1 aromatic rings. The summed E-state index contributed by atoms with van der Waals surface area (Å²) < 4.78 is 17.5. The summed E-state index contributed by atoms with van der Waals surface area (Å²) in [5, 5.41) is 7.74. The molecule has 1 saturated heterocycles. The zero-order valence-corrected chi connectivity index (χ0v) is 10.6. The zero-order chi connectivity index (χ0) is 13.0. The van der Waals surface area contributed by atoms with Crippen LogP contribution < -0.4 is 0 Å². The third-order valence-corrected chi connectivity index (χ3v) is 2.66. The van der Waals surface area contributed by atoms with Crippen molar-refractivity contribution in [3.05, 3.63) is 11.6 Å². The van der Waals surface area contributed by atoms with Crippen molar-refractivity contribution in [2.45, 2.75) is 26.5 Å². The van der Waals surface area contributed by atoms with Gasteiger partial charge in [-0.1, -0.05) is 0 Å². The van der Waals surface area contributed by atoms with E-state index < -0.39 is 5.97 Å². The monoisotopic (exact) mass is 255 g/mol. The fourth-order valence-electron chi connectivity index (χ4n) is 1.79. The van der Waals surface area contributed by atoms with Crippen LogP contribution in [-0.2, 0) is 20.8 Å². The highest BCUT2D eigenvalue weighted by atomic mass is 16.6. The second kappa shape index (κ2) is 5.92. The molecule has 0 aliphatic carbocycles. The van der Waals surface area contributed by atoms with Gasteiger partial charge in [-0.25, -0.2) is 4.79 Å². The molecule has 1 fully saturated rings. The van der Waals surface area contributed by atoms with Gasteiger partial charge in [-0.2, -0.15) is 0 Å². The summed E-state index contributed by atoms with van der Waals surface area (Å²) in [5.74, 6) is 0.408. The van der Waals surface area contributed by atoms with E-state index >= 15 is 0 Å². The van der Waals surface area contributed by atoms with E-state index in [1.807, 2.05) is 0 Å². The molecule has 0 amide bonds. The van der Waals surface area contributed by atoms with Crippen LogP contribution in [0.25, 0.3) is 0 Å². The molecule has 0 spiro atoms. The predicted octanol–water partition coefficient (Wildman–Crippen LogP) is 0.179. The van der Waals surface area contributed by atoms with Crippen LogP contribution in [0, 0.1) is 6.92 Å². The molecule has 1 aromatic heterocycles. The van der Waals surface area contributed by atoms with Crippen molar-refractivity contribution < 1.29 is 19.0 Å². The molecular formula is C11H17N3O4. The lowest BCUT2D eigenvalue weighted by Gasteiger charge is -2.23. The molecule has 7 heteroatoms. The summed E-state index contributed by atoms with van der Waals surface area (Å²) in [6, 6.07) is 0. The first-order chi connectivity index (χ1) is 8.72. The second-order valence-electron chi connectivity index (χ2n) is 3.97. The van der Waals surface area contributed by atoms with Crippen LogP contribution in [0.1, 0.15) is 23.4 Å². The summed E-state index contributed by atoms with van der Waals surface area (Å²) in [5.41, 5.74) is 0. The molecule has 0 bridgehead atoms. The summed E-state index contributed by atoms with van der Waals surface area (Å²) in [6.07, 6.45) is -0.0818. The zero-order valence-electron chi connectivity index (χ0n) is 10.6. The number of aromatic nitrogens is 3. The lowest BCUT2D eigenvalue weighted by Crippen LogP contribution is -2.33. The molecule has 1 aliphatic heterocycles. The van der Waals surface area contributed by atoms with Crippen molar-refractivity contribution in [1.29, 1.82) is 0 Å². The summed E-state index contributed by atoms with van der Waals surface area (Å²) in [6.45, 7) is 6.05. The SMILES string of the molecule is CCOC(=O)c1nnc(C)n1CC1COCCO1. The highest BCUT2D eigenvalue weighted by molar-refractivity contribution is 5.85. The van der Waals surface area contributed by atoms with Gasteiger partial charge < -0.3 is 18.8 Å². The summed E-state index contributed by atoms with van der Waals surface area (Å²) in [4.78, 5) is 11.7. The number of hydrogen-bond donors (Lipinski definition) is 0. The van der Waals surface area contributed by atoms with Crippen molar-refractivity contribution in [2.75, 3.05) is 26.4 Å². The Bertz CT molecular complexity index is 412. The standard InChI is InChI=1S/C11H17N3O4/c1-3-17-11(15)10-13-12-8(2)14(10)6-9-7-16-4-5-18-9/h9H,3-7H2,1-2H3. The Hall–Kier alpha value is -1.47.